The highest BCUT2D eigenvalue weighted by Gasteiger charge is 2.37. The molecule has 1 aliphatic rings. The molecule has 35 heavy (non-hydrogen) atoms. The molecule has 0 aliphatic heterocycles. The highest BCUT2D eigenvalue weighted by Crippen LogP contribution is 2.30. The average Bonchev–Trinajstić information content (AvgIpc) is 2.79. The van der Waals surface area contributed by atoms with Gasteiger partial charge in [0.15, 0.2) is 0 Å². The zero-order valence-electron chi connectivity index (χ0n) is 21.6. The summed E-state index contributed by atoms with van der Waals surface area (Å²) in [4.78, 5) is 41.3. The second-order valence-corrected chi connectivity index (χ2v) is 10.9. The Morgan fingerprint density at radius 1 is 1.17 bits per heavy atom. The third-order valence-electron chi connectivity index (χ3n) is 5.97. The number of hydrogen-bond acceptors (Lipinski definition) is 6. The Morgan fingerprint density at radius 2 is 1.83 bits per heavy atom. The van der Waals surface area contributed by atoms with Crippen LogP contribution in [-0.4, -0.2) is 64.2 Å². The van der Waals surface area contributed by atoms with Crippen LogP contribution in [-0.2, 0) is 14.3 Å². The number of phenolic OH excluding ortho intramolecular Hbond substituents is 1. The lowest BCUT2D eigenvalue weighted by molar-refractivity contribution is -0.142. The number of thioether (sulfide) groups is 1. The lowest BCUT2D eigenvalue weighted by Gasteiger charge is -2.35. The van der Waals surface area contributed by atoms with Gasteiger partial charge < -0.3 is 25.4 Å². The molecule has 0 radical (unpaired) electrons. The number of carbonyl (C=O) groups excluding carboxylic acids is 3. The summed E-state index contributed by atoms with van der Waals surface area (Å²) in [5, 5.41) is 16.4. The van der Waals surface area contributed by atoms with E-state index in [1.165, 1.54) is 11.0 Å². The molecule has 0 bridgehead atoms. The maximum Gasteiger partial charge on any atom is 0.408 e. The number of likely N-dealkylation sites (N-methyl/N-ethyl adjacent to an activating group) is 1. The molecular weight excluding hydrogens is 466 g/mol. The summed E-state index contributed by atoms with van der Waals surface area (Å²) in [6.07, 6.45) is 6.69. The first-order chi connectivity index (χ1) is 16.6. The van der Waals surface area contributed by atoms with Crippen LogP contribution in [0.4, 0.5) is 4.79 Å². The molecule has 8 nitrogen and oxygen atoms in total. The fraction of sp³-hybridized carbons (Fsp3) is 0.654. The van der Waals surface area contributed by atoms with Gasteiger partial charge in [-0.2, -0.15) is 11.8 Å². The number of nitrogens with zero attached hydrogens (tertiary/aromatic N) is 1. The van der Waals surface area contributed by atoms with Crippen molar-refractivity contribution in [1.29, 1.82) is 0 Å². The molecule has 1 fully saturated rings. The van der Waals surface area contributed by atoms with E-state index < -0.39 is 23.8 Å². The van der Waals surface area contributed by atoms with Crippen molar-refractivity contribution in [3.8, 4) is 5.75 Å². The van der Waals surface area contributed by atoms with Gasteiger partial charge in [-0.3, -0.25) is 9.59 Å². The molecule has 1 aliphatic carbocycles. The van der Waals surface area contributed by atoms with Gasteiger partial charge in [0, 0.05) is 18.2 Å². The molecular formula is C26H41N3O5S. The first-order valence-corrected chi connectivity index (χ1v) is 13.8. The van der Waals surface area contributed by atoms with Gasteiger partial charge in [-0.15, -0.1) is 0 Å². The molecule has 2 unspecified atom stereocenters. The zero-order chi connectivity index (χ0) is 26.0. The molecule has 1 aromatic carbocycles. The third-order valence-corrected chi connectivity index (χ3v) is 6.61. The predicted molar refractivity (Wildman–Crippen MR) is 139 cm³/mol. The summed E-state index contributed by atoms with van der Waals surface area (Å²) in [5.74, 6) is -0.128. The van der Waals surface area contributed by atoms with Crippen molar-refractivity contribution in [2.24, 2.45) is 0 Å². The molecule has 3 N–H and O–H groups in total. The van der Waals surface area contributed by atoms with Gasteiger partial charge in [0.05, 0.1) is 0 Å². The van der Waals surface area contributed by atoms with Crippen LogP contribution in [0.2, 0.25) is 0 Å². The van der Waals surface area contributed by atoms with E-state index in [9.17, 15) is 19.5 Å². The fourth-order valence-electron chi connectivity index (χ4n) is 4.31. The summed E-state index contributed by atoms with van der Waals surface area (Å²) in [7, 11) is 0. The molecule has 196 valence electrons. The number of benzene rings is 1. The smallest absolute Gasteiger partial charge is 0.408 e. The molecule has 0 spiro atoms. The van der Waals surface area contributed by atoms with Gasteiger partial charge >= 0.3 is 6.09 Å². The molecule has 1 aromatic rings. The fourth-order valence-corrected chi connectivity index (χ4v) is 4.78. The topological polar surface area (TPSA) is 108 Å². The highest BCUT2D eigenvalue weighted by atomic mass is 32.2. The van der Waals surface area contributed by atoms with Crippen molar-refractivity contribution < 1.29 is 24.2 Å². The second kappa shape index (κ2) is 13.6. The molecule has 2 atom stereocenters. The molecule has 0 heterocycles. The lowest BCUT2D eigenvalue weighted by atomic mass is 9.94. The predicted octanol–water partition coefficient (Wildman–Crippen LogP) is 4.38. The SMILES string of the molecule is CCN(C(=O)C(CCSC)NC(=O)OC(C)(C)C)C(C(=O)NC1CCCCC1)c1ccccc1O. The van der Waals surface area contributed by atoms with Gasteiger partial charge in [0.2, 0.25) is 11.8 Å². The molecule has 9 heteroatoms. The van der Waals surface area contributed by atoms with Crippen LogP contribution in [0.15, 0.2) is 24.3 Å². The summed E-state index contributed by atoms with van der Waals surface area (Å²) >= 11 is 1.56. The first-order valence-electron chi connectivity index (χ1n) is 12.4. The number of phenols is 1. The Labute approximate surface area is 213 Å². The van der Waals surface area contributed by atoms with E-state index >= 15 is 0 Å². The maximum atomic E-state index is 13.8. The van der Waals surface area contributed by atoms with E-state index in [1.807, 2.05) is 6.26 Å². The van der Waals surface area contributed by atoms with E-state index in [1.54, 1.807) is 57.7 Å². The van der Waals surface area contributed by atoms with Crippen LogP contribution in [0.1, 0.15) is 77.8 Å². The third kappa shape index (κ3) is 8.94. The quantitative estimate of drug-likeness (QED) is 0.434. The van der Waals surface area contributed by atoms with Gasteiger partial charge in [0.25, 0.3) is 0 Å². The van der Waals surface area contributed by atoms with E-state index in [4.69, 9.17) is 4.74 Å². The van der Waals surface area contributed by atoms with Gasteiger partial charge in [0.1, 0.15) is 23.4 Å². The number of amides is 3. The molecule has 0 saturated heterocycles. The van der Waals surface area contributed by atoms with E-state index in [0.29, 0.717) is 17.7 Å². The summed E-state index contributed by atoms with van der Waals surface area (Å²) in [6, 6.07) is 4.75. The normalized spacial score (nSPS) is 16.1. The van der Waals surface area contributed by atoms with Gasteiger partial charge in [-0.25, -0.2) is 4.79 Å². The van der Waals surface area contributed by atoms with Crippen molar-refractivity contribution in [2.45, 2.75) is 89.9 Å². The second-order valence-electron chi connectivity index (χ2n) is 9.91. The lowest BCUT2D eigenvalue weighted by Crippen LogP contribution is -2.54. The number of rotatable bonds is 10. The Balaban J connectivity index is 2.36. The minimum absolute atomic E-state index is 0.0468. The number of aromatic hydroxyl groups is 1. The monoisotopic (exact) mass is 507 g/mol. The standard InChI is InChI=1S/C26H41N3O5S/c1-6-29(24(32)20(16-17-35-5)28-25(33)34-26(2,3)4)22(19-14-10-11-15-21(19)30)23(31)27-18-12-8-7-9-13-18/h10-11,14-15,18,20,22,30H,6-9,12-13,16-17H2,1-5H3,(H,27,31)(H,28,33). The number of nitrogens with one attached hydrogen (secondary N) is 2. The maximum absolute atomic E-state index is 13.8. The van der Waals surface area contributed by atoms with E-state index in [-0.39, 0.29) is 30.2 Å². The Kier molecular flexibility index (Phi) is 11.2. The van der Waals surface area contributed by atoms with Crippen LogP contribution < -0.4 is 10.6 Å². The van der Waals surface area contributed by atoms with Crippen molar-refractivity contribution in [2.75, 3.05) is 18.6 Å². The molecule has 2 rings (SSSR count). The summed E-state index contributed by atoms with van der Waals surface area (Å²) in [6.45, 7) is 7.29. The zero-order valence-corrected chi connectivity index (χ0v) is 22.5. The molecule has 0 aromatic heterocycles. The largest absolute Gasteiger partial charge is 0.508 e. The Morgan fingerprint density at radius 3 is 2.40 bits per heavy atom. The van der Waals surface area contributed by atoms with E-state index in [0.717, 1.165) is 32.1 Å². The van der Waals surface area contributed by atoms with Crippen molar-refractivity contribution in [1.82, 2.24) is 15.5 Å². The Bertz CT molecular complexity index is 852. The summed E-state index contributed by atoms with van der Waals surface area (Å²) < 4.78 is 5.38. The van der Waals surface area contributed by atoms with Crippen LogP contribution >= 0.6 is 11.8 Å². The van der Waals surface area contributed by atoms with Crippen LogP contribution in [0.3, 0.4) is 0 Å². The van der Waals surface area contributed by atoms with Crippen LogP contribution in [0, 0.1) is 0 Å². The van der Waals surface area contributed by atoms with Gasteiger partial charge in [-0.1, -0.05) is 37.5 Å². The average molecular weight is 508 g/mol. The van der Waals surface area contributed by atoms with E-state index in [2.05, 4.69) is 10.6 Å². The van der Waals surface area contributed by atoms with Crippen molar-refractivity contribution >= 4 is 29.7 Å². The molecule has 3 amide bonds. The minimum atomic E-state index is -1.02. The highest BCUT2D eigenvalue weighted by molar-refractivity contribution is 7.98. The first kappa shape index (κ1) is 28.8. The Hall–Kier alpha value is -2.42. The van der Waals surface area contributed by atoms with Crippen molar-refractivity contribution in [3.63, 3.8) is 0 Å². The van der Waals surface area contributed by atoms with Crippen molar-refractivity contribution in [3.05, 3.63) is 29.8 Å². The number of ether oxygens (including phenoxy) is 1. The van der Waals surface area contributed by atoms with Gasteiger partial charge in [-0.05, 0) is 65.0 Å². The molecule has 1 saturated carbocycles. The number of hydrogen-bond donors (Lipinski definition) is 3. The van der Waals surface area contributed by atoms with Crippen LogP contribution in [0.25, 0.3) is 0 Å². The number of alkyl carbamates (subject to hydrolysis) is 1. The number of carbonyl (C=O) groups is 3. The van der Waals surface area contributed by atoms with Crippen LogP contribution in [0.5, 0.6) is 5.75 Å². The summed E-state index contributed by atoms with van der Waals surface area (Å²) in [5.41, 5.74) is -0.350. The minimum Gasteiger partial charge on any atom is -0.508 e. The number of para-hydroxylation sites is 1.